The van der Waals surface area contributed by atoms with Crippen molar-refractivity contribution in [2.45, 2.75) is 18.5 Å². The molecule has 0 fully saturated rings. The second kappa shape index (κ2) is 7.21. The molecule has 0 aromatic heterocycles. The highest BCUT2D eigenvalue weighted by Gasteiger charge is 2.34. The van der Waals surface area contributed by atoms with Crippen LogP contribution >= 0.6 is 0 Å². The van der Waals surface area contributed by atoms with Crippen molar-refractivity contribution < 1.29 is 9.47 Å². The highest BCUT2D eigenvalue weighted by molar-refractivity contribution is 5.89. The number of rotatable bonds is 5. The molecular formula is C20H22N2O2. The molecule has 4 nitrogen and oxygen atoms in total. The van der Waals surface area contributed by atoms with Crippen molar-refractivity contribution in [2.75, 3.05) is 14.2 Å². The summed E-state index contributed by atoms with van der Waals surface area (Å²) in [6.45, 7) is 0. The molecule has 0 radical (unpaired) electrons. The number of hydrogen-bond donors (Lipinski definition) is 1. The van der Waals surface area contributed by atoms with Gasteiger partial charge in [0.25, 0.3) is 0 Å². The molecule has 0 saturated heterocycles. The van der Waals surface area contributed by atoms with Crippen LogP contribution in [0.4, 0.5) is 0 Å². The molecule has 1 aliphatic heterocycles. The van der Waals surface area contributed by atoms with Gasteiger partial charge in [-0.3, -0.25) is 0 Å². The van der Waals surface area contributed by atoms with Crippen LogP contribution in [0.25, 0.3) is 0 Å². The van der Waals surface area contributed by atoms with E-state index in [0.717, 1.165) is 12.8 Å². The third-order valence-corrected chi connectivity index (χ3v) is 4.04. The Morgan fingerprint density at radius 1 is 0.833 bits per heavy atom. The second-order valence-corrected chi connectivity index (χ2v) is 5.85. The van der Waals surface area contributed by atoms with Gasteiger partial charge >= 0.3 is 0 Å². The average molecular weight is 322 g/mol. The average Bonchev–Trinajstić information content (AvgIpc) is 2.62. The summed E-state index contributed by atoms with van der Waals surface area (Å²) in [5.41, 5.74) is 1.86. The van der Waals surface area contributed by atoms with E-state index in [1.807, 2.05) is 36.4 Å². The van der Waals surface area contributed by atoms with Gasteiger partial charge in [0.1, 0.15) is 5.66 Å². The number of nitrogens with zero attached hydrogens (tertiary/aromatic N) is 1. The van der Waals surface area contributed by atoms with Crippen LogP contribution < -0.4 is 5.32 Å². The minimum absolute atomic E-state index is 0.547. The third-order valence-electron chi connectivity index (χ3n) is 4.04. The van der Waals surface area contributed by atoms with E-state index in [4.69, 9.17) is 14.5 Å². The van der Waals surface area contributed by atoms with Crippen molar-refractivity contribution in [1.82, 2.24) is 5.32 Å². The molecule has 0 saturated carbocycles. The molecule has 3 rings (SSSR count). The quantitative estimate of drug-likeness (QED) is 0.918. The zero-order valence-corrected chi connectivity index (χ0v) is 14.0. The molecule has 0 unspecified atom stereocenters. The topological polar surface area (TPSA) is 42.9 Å². The van der Waals surface area contributed by atoms with Crippen molar-refractivity contribution in [3.05, 3.63) is 83.7 Å². The first kappa shape index (κ1) is 16.1. The molecule has 24 heavy (non-hydrogen) atoms. The first-order valence-corrected chi connectivity index (χ1v) is 7.98. The summed E-state index contributed by atoms with van der Waals surface area (Å²) >= 11 is 0. The molecule has 2 aromatic rings. The summed E-state index contributed by atoms with van der Waals surface area (Å²) in [5.74, 6) is 1.23. The van der Waals surface area contributed by atoms with Crippen LogP contribution in [0.15, 0.2) is 77.6 Å². The van der Waals surface area contributed by atoms with E-state index in [1.165, 1.54) is 11.1 Å². The molecule has 0 amide bonds. The molecule has 0 spiro atoms. The SMILES string of the molecule is COC1=CC(OC)=NC(Cc2ccccc2)(Cc2ccccc2)N1. The molecule has 0 atom stereocenters. The fourth-order valence-electron chi connectivity index (χ4n) is 2.96. The van der Waals surface area contributed by atoms with Crippen LogP contribution in [0.5, 0.6) is 0 Å². The van der Waals surface area contributed by atoms with Crippen molar-refractivity contribution in [2.24, 2.45) is 4.99 Å². The lowest BCUT2D eigenvalue weighted by Gasteiger charge is -2.35. The van der Waals surface area contributed by atoms with Gasteiger partial charge in [-0.05, 0) is 11.1 Å². The first-order chi connectivity index (χ1) is 11.7. The highest BCUT2D eigenvalue weighted by Crippen LogP contribution is 2.25. The molecule has 124 valence electrons. The fraction of sp³-hybridized carbons (Fsp3) is 0.250. The number of ether oxygens (including phenoxy) is 2. The normalized spacial score (nSPS) is 15.8. The molecule has 0 bridgehead atoms. The number of methoxy groups -OCH3 is 2. The summed E-state index contributed by atoms with van der Waals surface area (Å²) in [7, 11) is 3.27. The molecule has 1 aliphatic rings. The van der Waals surface area contributed by atoms with Gasteiger partial charge in [-0.1, -0.05) is 60.7 Å². The molecule has 2 aromatic carbocycles. The number of nitrogens with one attached hydrogen (secondary N) is 1. The lowest BCUT2D eigenvalue weighted by molar-refractivity contribution is 0.204. The Hall–Kier alpha value is -2.75. The maximum Gasteiger partial charge on any atom is 0.216 e. The zero-order valence-electron chi connectivity index (χ0n) is 14.0. The Labute approximate surface area is 142 Å². The van der Waals surface area contributed by atoms with Gasteiger partial charge in [0.15, 0.2) is 5.88 Å². The zero-order chi connectivity index (χ0) is 16.8. The maximum atomic E-state index is 5.44. The van der Waals surface area contributed by atoms with Crippen LogP contribution in [0.2, 0.25) is 0 Å². The van der Waals surface area contributed by atoms with Gasteiger partial charge in [0.2, 0.25) is 5.90 Å². The van der Waals surface area contributed by atoms with Gasteiger partial charge in [-0.15, -0.1) is 0 Å². The van der Waals surface area contributed by atoms with E-state index < -0.39 is 5.66 Å². The first-order valence-electron chi connectivity index (χ1n) is 7.98. The van der Waals surface area contributed by atoms with Crippen LogP contribution in [0, 0.1) is 0 Å². The van der Waals surface area contributed by atoms with E-state index in [-0.39, 0.29) is 0 Å². The maximum absolute atomic E-state index is 5.44. The van der Waals surface area contributed by atoms with Gasteiger partial charge in [-0.2, -0.15) is 0 Å². The predicted molar refractivity (Wildman–Crippen MR) is 95.7 cm³/mol. The molecule has 4 heteroatoms. The number of aliphatic imine (C=N–C) groups is 1. The lowest BCUT2D eigenvalue weighted by Crippen LogP contribution is -2.50. The Morgan fingerprint density at radius 3 is 1.83 bits per heavy atom. The minimum Gasteiger partial charge on any atom is -0.482 e. The third kappa shape index (κ3) is 3.77. The molecule has 1 N–H and O–H groups in total. The summed E-state index contributed by atoms with van der Waals surface area (Å²) in [4.78, 5) is 4.85. The standard InChI is InChI=1S/C20H22N2O2/c1-23-18-13-19(24-2)22-20(21-18,14-16-9-5-3-6-10-16)15-17-11-7-4-8-12-17/h3-13,21H,14-15H2,1-2H3. The minimum atomic E-state index is -0.547. The Morgan fingerprint density at radius 2 is 1.38 bits per heavy atom. The van der Waals surface area contributed by atoms with Crippen molar-refractivity contribution in [1.29, 1.82) is 0 Å². The summed E-state index contributed by atoms with van der Waals surface area (Å²) in [5, 5.41) is 3.45. The monoisotopic (exact) mass is 322 g/mol. The Bertz CT molecular complexity index is 682. The smallest absolute Gasteiger partial charge is 0.216 e. The lowest BCUT2D eigenvalue weighted by atomic mass is 9.92. The molecule has 0 aliphatic carbocycles. The molecular weight excluding hydrogens is 300 g/mol. The largest absolute Gasteiger partial charge is 0.482 e. The predicted octanol–water partition coefficient (Wildman–Crippen LogP) is 3.30. The fourth-order valence-corrected chi connectivity index (χ4v) is 2.96. The van der Waals surface area contributed by atoms with Gasteiger partial charge in [-0.25, -0.2) is 4.99 Å². The Kier molecular flexibility index (Phi) is 4.85. The summed E-state index contributed by atoms with van der Waals surface area (Å²) < 4.78 is 10.9. The Balaban J connectivity index is 1.97. The van der Waals surface area contributed by atoms with E-state index in [2.05, 4.69) is 29.6 Å². The van der Waals surface area contributed by atoms with Crippen molar-refractivity contribution in [3.8, 4) is 0 Å². The number of benzene rings is 2. The van der Waals surface area contributed by atoms with Crippen LogP contribution in [-0.4, -0.2) is 25.8 Å². The highest BCUT2D eigenvalue weighted by atomic mass is 16.5. The van der Waals surface area contributed by atoms with Gasteiger partial charge in [0, 0.05) is 12.8 Å². The van der Waals surface area contributed by atoms with E-state index in [9.17, 15) is 0 Å². The van der Waals surface area contributed by atoms with Crippen LogP contribution in [-0.2, 0) is 22.3 Å². The van der Waals surface area contributed by atoms with Crippen LogP contribution in [0.1, 0.15) is 11.1 Å². The number of hydrogen-bond acceptors (Lipinski definition) is 4. The van der Waals surface area contributed by atoms with E-state index in [0.29, 0.717) is 11.8 Å². The van der Waals surface area contributed by atoms with Crippen LogP contribution in [0.3, 0.4) is 0 Å². The van der Waals surface area contributed by atoms with Gasteiger partial charge < -0.3 is 14.8 Å². The summed E-state index contributed by atoms with van der Waals surface area (Å²) in [6.07, 6.45) is 3.24. The van der Waals surface area contributed by atoms with Crippen molar-refractivity contribution >= 4 is 5.90 Å². The molecule has 1 heterocycles. The second-order valence-electron chi connectivity index (χ2n) is 5.85. The van der Waals surface area contributed by atoms with Crippen molar-refractivity contribution in [3.63, 3.8) is 0 Å². The van der Waals surface area contributed by atoms with Gasteiger partial charge in [0.05, 0.1) is 20.3 Å². The van der Waals surface area contributed by atoms with E-state index in [1.54, 1.807) is 20.3 Å². The van der Waals surface area contributed by atoms with E-state index >= 15 is 0 Å². The summed E-state index contributed by atoms with van der Waals surface area (Å²) in [6, 6.07) is 20.7.